The van der Waals surface area contributed by atoms with E-state index in [0.717, 1.165) is 23.4 Å². The van der Waals surface area contributed by atoms with Crippen molar-refractivity contribution in [3.8, 4) is 0 Å². The van der Waals surface area contributed by atoms with Gasteiger partial charge in [0.05, 0.1) is 12.2 Å². The fraction of sp³-hybridized carbons (Fsp3) is 0.278. The molecule has 0 unspecified atom stereocenters. The second kappa shape index (κ2) is 9.13. The zero-order valence-electron chi connectivity index (χ0n) is 15.3. The van der Waals surface area contributed by atoms with E-state index < -0.39 is 0 Å². The van der Waals surface area contributed by atoms with Crippen LogP contribution in [0.5, 0.6) is 0 Å². The maximum absolute atomic E-state index is 6.29. The molecule has 0 spiro atoms. The van der Waals surface area contributed by atoms with Gasteiger partial charge in [0.15, 0.2) is 10.9 Å². The van der Waals surface area contributed by atoms with Gasteiger partial charge in [0, 0.05) is 46.7 Å². The lowest BCUT2D eigenvalue weighted by Gasteiger charge is -2.09. The molecule has 0 fully saturated rings. The van der Waals surface area contributed by atoms with Crippen molar-refractivity contribution >= 4 is 58.0 Å². The Morgan fingerprint density at radius 1 is 1.07 bits per heavy atom. The van der Waals surface area contributed by atoms with Crippen molar-refractivity contribution in [1.29, 1.82) is 0 Å². The van der Waals surface area contributed by atoms with E-state index in [1.165, 1.54) is 0 Å². The van der Waals surface area contributed by atoms with Crippen LogP contribution in [-0.2, 0) is 19.6 Å². The summed E-state index contributed by atoms with van der Waals surface area (Å²) in [6.45, 7) is 5.80. The lowest BCUT2D eigenvalue weighted by atomic mass is 10.2. The van der Waals surface area contributed by atoms with Crippen molar-refractivity contribution in [2.24, 2.45) is 0 Å². The van der Waals surface area contributed by atoms with Crippen molar-refractivity contribution in [3.05, 3.63) is 62.5 Å². The number of nitrogens with one attached hydrogen (secondary N) is 2. The van der Waals surface area contributed by atoms with E-state index in [9.17, 15) is 0 Å². The first-order valence-electron chi connectivity index (χ1n) is 8.61. The van der Waals surface area contributed by atoms with Gasteiger partial charge in [-0.1, -0.05) is 40.9 Å². The lowest BCUT2D eigenvalue weighted by molar-refractivity contribution is 0.653. The van der Waals surface area contributed by atoms with Crippen LogP contribution in [-0.4, -0.2) is 24.7 Å². The van der Waals surface area contributed by atoms with Crippen LogP contribution in [0.1, 0.15) is 23.7 Å². The molecule has 0 amide bonds. The zero-order valence-corrected chi connectivity index (χ0v) is 18.4. The van der Waals surface area contributed by atoms with Crippen LogP contribution < -0.4 is 10.6 Å². The van der Waals surface area contributed by atoms with Crippen LogP contribution >= 0.6 is 47.0 Å². The van der Waals surface area contributed by atoms with E-state index in [-0.39, 0.29) is 0 Å². The van der Waals surface area contributed by atoms with Crippen LogP contribution in [0.2, 0.25) is 15.1 Å². The minimum absolute atomic E-state index is 0.398. The number of hydrogen-bond acceptors (Lipinski definition) is 3. The lowest BCUT2D eigenvalue weighted by Crippen LogP contribution is -2.28. The largest absolute Gasteiger partial charge is 0.358 e. The molecule has 28 heavy (non-hydrogen) atoms. The smallest absolute Gasteiger partial charge is 0.173 e. The molecule has 2 N–H and O–H groups in total. The second-order valence-electron chi connectivity index (χ2n) is 6.13. The maximum atomic E-state index is 6.29. The van der Waals surface area contributed by atoms with Crippen molar-refractivity contribution in [1.82, 2.24) is 24.9 Å². The highest BCUT2D eigenvalue weighted by Gasteiger charge is 2.12. The van der Waals surface area contributed by atoms with Gasteiger partial charge in [-0.2, -0.15) is 10.2 Å². The number of aromatic nitrogens is 4. The molecule has 0 saturated carbocycles. The Hall–Kier alpha value is -1.80. The quantitative estimate of drug-likeness (QED) is 0.515. The molecule has 0 aliphatic rings. The van der Waals surface area contributed by atoms with Crippen molar-refractivity contribution in [2.75, 3.05) is 5.32 Å². The molecule has 0 saturated heterocycles. The molecule has 148 valence electrons. The minimum atomic E-state index is 0.398. The molecule has 0 radical (unpaired) electrons. The first-order chi connectivity index (χ1) is 13.4. The molecule has 2 heterocycles. The van der Waals surface area contributed by atoms with Crippen molar-refractivity contribution in [2.45, 2.75) is 33.5 Å². The van der Waals surface area contributed by atoms with Crippen LogP contribution in [0, 0.1) is 6.92 Å². The number of rotatable bonds is 6. The molecule has 0 aliphatic carbocycles. The Labute approximate surface area is 183 Å². The third-order valence-corrected chi connectivity index (χ3v) is 5.37. The highest BCUT2D eigenvalue weighted by molar-refractivity contribution is 7.80. The summed E-state index contributed by atoms with van der Waals surface area (Å²) in [4.78, 5) is 0. The highest BCUT2D eigenvalue weighted by atomic mass is 35.5. The molecule has 0 aliphatic heterocycles. The topological polar surface area (TPSA) is 59.7 Å². The van der Waals surface area contributed by atoms with Gasteiger partial charge in [0.2, 0.25) is 0 Å². The number of hydrogen-bond donors (Lipinski definition) is 2. The van der Waals surface area contributed by atoms with Gasteiger partial charge in [0.1, 0.15) is 5.02 Å². The summed E-state index contributed by atoms with van der Waals surface area (Å²) in [6, 6.07) is 5.37. The molecule has 3 rings (SSSR count). The number of halogens is 3. The van der Waals surface area contributed by atoms with Crippen LogP contribution in [0.4, 0.5) is 5.82 Å². The minimum Gasteiger partial charge on any atom is -0.358 e. The molecule has 3 aromatic rings. The summed E-state index contributed by atoms with van der Waals surface area (Å²) in [6.07, 6.45) is 3.70. The first-order valence-corrected chi connectivity index (χ1v) is 10.1. The molecule has 0 bridgehead atoms. The Morgan fingerprint density at radius 3 is 2.43 bits per heavy atom. The molecular formula is C18H19Cl3N6S. The van der Waals surface area contributed by atoms with E-state index >= 15 is 0 Å². The summed E-state index contributed by atoms with van der Waals surface area (Å²) in [5.41, 5.74) is 2.83. The highest BCUT2D eigenvalue weighted by Crippen LogP contribution is 2.26. The van der Waals surface area contributed by atoms with Gasteiger partial charge in [-0.15, -0.1) is 0 Å². The van der Waals surface area contributed by atoms with E-state index in [1.807, 2.05) is 24.7 Å². The van der Waals surface area contributed by atoms with Gasteiger partial charge in [-0.25, -0.2) is 0 Å². The van der Waals surface area contributed by atoms with E-state index in [4.69, 9.17) is 47.0 Å². The molecule has 10 heteroatoms. The van der Waals surface area contributed by atoms with Gasteiger partial charge >= 0.3 is 0 Å². The number of anilines is 1. The Balaban J connectivity index is 1.63. The molecule has 1 aromatic carbocycles. The predicted molar refractivity (Wildman–Crippen MR) is 118 cm³/mol. The van der Waals surface area contributed by atoms with Crippen LogP contribution in [0.25, 0.3) is 0 Å². The summed E-state index contributed by atoms with van der Waals surface area (Å²) in [5.74, 6) is 0.461. The molecule has 0 atom stereocenters. The molecular weight excluding hydrogens is 439 g/mol. The van der Waals surface area contributed by atoms with E-state index in [0.29, 0.717) is 39.1 Å². The van der Waals surface area contributed by atoms with Gasteiger partial charge in [0.25, 0.3) is 0 Å². The Kier molecular flexibility index (Phi) is 6.82. The van der Waals surface area contributed by atoms with Crippen LogP contribution in [0.3, 0.4) is 0 Å². The van der Waals surface area contributed by atoms with Crippen molar-refractivity contribution in [3.63, 3.8) is 0 Å². The maximum Gasteiger partial charge on any atom is 0.173 e. The van der Waals surface area contributed by atoms with Gasteiger partial charge < -0.3 is 10.6 Å². The average molecular weight is 458 g/mol. The predicted octanol–water partition coefficient (Wildman–Crippen LogP) is 4.90. The Morgan fingerprint density at radius 2 is 1.79 bits per heavy atom. The second-order valence-corrected chi connectivity index (χ2v) is 7.76. The number of nitrogens with zero attached hydrogens (tertiary/aromatic N) is 4. The zero-order chi connectivity index (χ0) is 20.3. The SMILES string of the molecule is CCn1cc(CNC(=S)Nc2nn(Cc3c(Cl)cccc3Cl)cc2Cl)c(C)n1. The third kappa shape index (κ3) is 4.97. The van der Waals surface area contributed by atoms with Crippen LogP contribution in [0.15, 0.2) is 30.6 Å². The molecule has 6 nitrogen and oxygen atoms in total. The van der Waals surface area contributed by atoms with Gasteiger partial charge in [-0.3, -0.25) is 9.36 Å². The normalized spacial score (nSPS) is 10.9. The summed E-state index contributed by atoms with van der Waals surface area (Å²) >= 11 is 24.1. The van der Waals surface area contributed by atoms with Gasteiger partial charge in [-0.05, 0) is 38.2 Å². The number of thiocarbonyl (C=S) groups is 1. The summed E-state index contributed by atoms with van der Waals surface area (Å²) in [5, 5.41) is 17.0. The average Bonchev–Trinajstić information content (AvgIpc) is 3.18. The fourth-order valence-electron chi connectivity index (χ4n) is 2.63. The fourth-order valence-corrected chi connectivity index (χ4v) is 3.51. The molecule has 2 aromatic heterocycles. The summed E-state index contributed by atoms with van der Waals surface area (Å²) in [7, 11) is 0. The number of aryl methyl sites for hydroxylation is 2. The summed E-state index contributed by atoms with van der Waals surface area (Å²) < 4.78 is 3.55. The first kappa shape index (κ1) is 20.9. The monoisotopic (exact) mass is 456 g/mol. The standard InChI is InChI=1S/C18H19Cl3N6S/c1-3-26-8-12(11(2)24-26)7-22-18(28)23-17-16(21)10-27(25-17)9-13-14(19)5-4-6-15(13)20/h4-6,8,10H,3,7,9H2,1-2H3,(H2,22,23,25,28). The van der Waals surface area contributed by atoms with Crippen molar-refractivity contribution < 1.29 is 0 Å². The third-order valence-electron chi connectivity index (χ3n) is 4.14. The van der Waals surface area contributed by atoms with E-state index in [1.54, 1.807) is 29.1 Å². The number of benzene rings is 1. The van der Waals surface area contributed by atoms with E-state index in [2.05, 4.69) is 20.8 Å². The Bertz CT molecular complexity index is 977.